The summed E-state index contributed by atoms with van der Waals surface area (Å²) in [5.74, 6) is -2.01. The molecule has 1 aromatic rings. The van der Waals surface area contributed by atoms with Crippen LogP contribution in [0.4, 0.5) is 0 Å². The highest BCUT2D eigenvalue weighted by atomic mass is 16.5. The third-order valence-electron chi connectivity index (χ3n) is 4.72. The highest BCUT2D eigenvalue weighted by Gasteiger charge is 2.13. The van der Waals surface area contributed by atoms with Gasteiger partial charge in [-0.3, -0.25) is 0 Å². The average molecular weight is 380 g/mol. The highest BCUT2D eigenvalue weighted by molar-refractivity contribution is 6.27. The van der Waals surface area contributed by atoms with Crippen LogP contribution < -0.4 is 4.74 Å². The third-order valence-corrected chi connectivity index (χ3v) is 4.72. The number of likely N-dealkylation sites (N-methyl/N-ethyl adjacent to an activating group) is 1. The van der Waals surface area contributed by atoms with E-state index < -0.39 is 11.9 Å². The van der Waals surface area contributed by atoms with Crippen LogP contribution in [-0.4, -0.2) is 78.3 Å². The summed E-state index contributed by atoms with van der Waals surface area (Å²) in [6.45, 7) is 11.2. The summed E-state index contributed by atoms with van der Waals surface area (Å²) in [6.07, 6.45) is 2.26. The first-order valence-electron chi connectivity index (χ1n) is 9.44. The molecule has 0 amide bonds. The fraction of sp³-hybridized carbons (Fsp3) is 0.600. The topological polar surface area (TPSA) is 90.3 Å². The quantitative estimate of drug-likeness (QED) is 0.554. The summed E-state index contributed by atoms with van der Waals surface area (Å²) in [5, 5.41) is 14.8. The molecular formula is C20H32N2O5. The Balaban J connectivity index is 0.000000527. The number of nitrogens with zero attached hydrogens (tertiary/aromatic N) is 2. The predicted octanol–water partition coefficient (Wildman–Crippen LogP) is 2.37. The van der Waals surface area contributed by atoms with E-state index in [-0.39, 0.29) is 0 Å². The number of carboxylic acids is 2. The van der Waals surface area contributed by atoms with Crippen molar-refractivity contribution in [3.05, 3.63) is 29.8 Å². The molecule has 7 heteroatoms. The Bertz CT molecular complexity index is 573. The van der Waals surface area contributed by atoms with E-state index in [0.29, 0.717) is 5.92 Å². The zero-order chi connectivity index (χ0) is 20.2. The molecule has 27 heavy (non-hydrogen) atoms. The van der Waals surface area contributed by atoms with Gasteiger partial charge in [-0.25, -0.2) is 9.59 Å². The minimum Gasteiger partial charge on any atom is -0.493 e. The Morgan fingerprint density at radius 1 is 1.11 bits per heavy atom. The van der Waals surface area contributed by atoms with E-state index in [4.69, 9.17) is 24.5 Å². The minimum absolute atomic E-state index is 0.568. The van der Waals surface area contributed by atoms with Gasteiger partial charge in [0.1, 0.15) is 5.75 Å². The van der Waals surface area contributed by atoms with E-state index in [0.717, 1.165) is 31.7 Å². The van der Waals surface area contributed by atoms with Gasteiger partial charge in [-0.2, -0.15) is 0 Å². The molecule has 0 radical (unpaired) electrons. The normalized spacial score (nSPS) is 16.1. The molecule has 152 valence electrons. The van der Waals surface area contributed by atoms with Crippen LogP contribution in [0, 0.1) is 0 Å². The van der Waals surface area contributed by atoms with Gasteiger partial charge in [0.2, 0.25) is 0 Å². The lowest BCUT2D eigenvalue weighted by Gasteiger charge is -2.32. The Hall–Kier alpha value is -2.12. The summed E-state index contributed by atoms with van der Waals surface area (Å²) >= 11 is 0. The molecule has 0 aromatic heterocycles. The summed E-state index contributed by atoms with van der Waals surface area (Å²) in [5.41, 5.74) is 1.35. The monoisotopic (exact) mass is 380 g/mol. The van der Waals surface area contributed by atoms with Crippen LogP contribution in [0.5, 0.6) is 5.75 Å². The number of carboxylic acid groups (broad SMARTS) is 2. The highest BCUT2D eigenvalue weighted by Crippen LogP contribution is 2.28. The van der Waals surface area contributed by atoms with Crippen LogP contribution in [0.15, 0.2) is 24.3 Å². The number of ether oxygens (including phenoxy) is 1. The summed E-state index contributed by atoms with van der Waals surface area (Å²) < 4.78 is 6.04. The number of hydrogen-bond acceptors (Lipinski definition) is 5. The molecule has 7 nitrogen and oxygen atoms in total. The molecule has 1 aliphatic heterocycles. The van der Waals surface area contributed by atoms with Crippen molar-refractivity contribution in [3.63, 3.8) is 0 Å². The molecule has 1 heterocycles. The molecule has 0 bridgehead atoms. The first-order valence-corrected chi connectivity index (χ1v) is 9.44. The molecule has 1 saturated heterocycles. The van der Waals surface area contributed by atoms with E-state index in [2.05, 4.69) is 55.0 Å². The second-order valence-electron chi connectivity index (χ2n) is 6.80. The van der Waals surface area contributed by atoms with Gasteiger partial charge in [-0.05, 0) is 37.4 Å². The lowest BCUT2D eigenvalue weighted by atomic mass is 9.98. The van der Waals surface area contributed by atoms with Crippen LogP contribution in [0.2, 0.25) is 0 Å². The predicted molar refractivity (Wildman–Crippen MR) is 104 cm³/mol. The Labute approximate surface area is 161 Å². The minimum atomic E-state index is -1.82. The van der Waals surface area contributed by atoms with Gasteiger partial charge >= 0.3 is 11.9 Å². The molecule has 1 atom stereocenters. The van der Waals surface area contributed by atoms with Crippen molar-refractivity contribution in [1.82, 2.24) is 9.80 Å². The molecule has 2 rings (SSSR count). The fourth-order valence-electron chi connectivity index (χ4n) is 2.78. The first kappa shape index (κ1) is 22.9. The van der Waals surface area contributed by atoms with E-state index in [1.165, 1.54) is 31.7 Å². The molecule has 0 saturated carbocycles. The zero-order valence-electron chi connectivity index (χ0n) is 16.6. The van der Waals surface area contributed by atoms with Crippen molar-refractivity contribution in [3.8, 4) is 5.75 Å². The van der Waals surface area contributed by atoms with Gasteiger partial charge in [0.25, 0.3) is 0 Å². The fourth-order valence-corrected chi connectivity index (χ4v) is 2.78. The summed E-state index contributed by atoms with van der Waals surface area (Å²) in [6, 6.07) is 8.49. The molecule has 0 aliphatic carbocycles. The van der Waals surface area contributed by atoms with Crippen molar-refractivity contribution in [2.75, 3.05) is 46.4 Å². The summed E-state index contributed by atoms with van der Waals surface area (Å²) in [4.78, 5) is 23.1. The van der Waals surface area contributed by atoms with E-state index >= 15 is 0 Å². The van der Waals surface area contributed by atoms with E-state index in [1.807, 2.05) is 0 Å². The lowest BCUT2D eigenvalue weighted by Crippen LogP contribution is -2.44. The molecular weight excluding hydrogens is 348 g/mol. The zero-order valence-corrected chi connectivity index (χ0v) is 16.6. The van der Waals surface area contributed by atoms with Crippen LogP contribution in [-0.2, 0) is 9.59 Å². The number of benzene rings is 1. The van der Waals surface area contributed by atoms with Crippen LogP contribution in [0.25, 0.3) is 0 Å². The molecule has 1 aliphatic rings. The van der Waals surface area contributed by atoms with Crippen LogP contribution in [0.1, 0.15) is 38.2 Å². The standard InChI is InChI=1S/C18H30N2O.C2H2O4/c1-4-16(2)17-8-5-6-9-18(17)21-15-7-10-20-13-11-19(3)12-14-20;3-1(4)2(5)6/h5-6,8-9,16H,4,7,10-15H2,1-3H3;(H,3,4)(H,5,6). The van der Waals surface area contributed by atoms with Gasteiger partial charge in [0.15, 0.2) is 0 Å². The van der Waals surface area contributed by atoms with Gasteiger partial charge < -0.3 is 24.7 Å². The largest absolute Gasteiger partial charge is 0.493 e. The smallest absolute Gasteiger partial charge is 0.414 e. The van der Waals surface area contributed by atoms with Gasteiger partial charge in [-0.1, -0.05) is 32.0 Å². The molecule has 2 N–H and O–H groups in total. The Morgan fingerprint density at radius 3 is 2.26 bits per heavy atom. The number of rotatable bonds is 7. The first-order chi connectivity index (χ1) is 12.8. The molecule has 1 unspecified atom stereocenters. The van der Waals surface area contributed by atoms with Crippen molar-refractivity contribution in [2.24, 2.45) is 0 Å². The van der Waals surface area contributed by atoms with Crippen molar-refractivity contribution in [1.29, 1.82) is 0 Å². The third kappa shape index (κ3) is 8.88. The molecule has 1 fully saturated rings. The van der Waals surface area contributed by atoms with Crippen molar-refractivity contribution >= 4 is 11.9 Å². The van der Waals surface area contributed by atoms with Crippen molar-refractivity contribution < 1.29 is 24.5 Å². The molecule has 0 spiro atoms. The maximum atomic E-state index is 9.10. The van der Waals surface area contributed by atoms with Gasteiger partial charge in [-0.15, -0.1) is 0 Å². The van der Waals surface area contributed by atoms with Crippen molar-refractivity contribution in [2.45, 2.75) is 32.6 Å². The SMILES string of the molecule is CCC(C)c1ccccc1OCCCN1CCN(C)CC1.O=C(O)C(=O)O. The number of hydrogen-bond donors (Lipinski definition) is 2. The number of piperazine rings is 1. The van der Waals surface area contributed by atoms with E-state index in [1.54, 1.807) is 0 Å². The van der Waals surface area contributed by atoms with Gasteiger partial charge in [0, 0.05) is 32.7 Å². The lowest BCUT2D eigenvalue weighted by molar-refractivity contribution is -0.159. The van der Waals surface area contributed by atoms with Crippen LogP contribution in [0.3, 0.4) is 0 Å². The maximum Gasteiger partial charge on any atom is 0.414 e. The number of aliphatic carboxylic acids is 2. The number of para-hydroxylation sites is 1. The number of carbonyl (C=O) groups is 2. The average Bonchev–Trinajstić information content (AvgIpc) is 2.66. The maximum absolute atomic E-state index is 9.10. The Morgan fingerprint density at radius 2 is 1.70 bits per heavy atom. The second kappa shape index (κ2) is 12.3. The van der Waals surface area contributed by atoms with Crippen LogP contribution >= 0.6 is 0 Å². The Kier molecular flexibility index (Phi) is 10.4. The molecule has 1 aromatic carbocycles. The summed E-state index contributed by atoms with van der Waals surface area (Å²) in [7, 11) is 2.20. The van der Waals surface area contributed by atoms with E-state index in [9.17, 15) is 0 Å². The van der Waals surface area contributed by atoms with Gasteiger partial charge in [0.05, 0.1) is 6.61 Å². The second-order valence-corrected chi connectivity index (χ2v) is 6.80.